The predicted octanol–water partition coefficient (Wildman–Crippen LogP) is 4.49. The number of carbonyl (C=O) groups is 1. The van der Waals surface area contributed by atoms with Crippen molar-refractivity contribution in [1.29, 1.82) is 0 Å². The molecule has 158 valence electrons. The molecule has 0 aliphatic carbocycles. The van der Waals surface area contributed by atoms with Gasteiger partial charge in [0.2, 0.25) is 5.91 Å². The fraction of sp³-hybridized carbons (Fsp3) is 0.174. The Labute approximate surface area is 188 Å². The summed E-state index contributed by atoms with van der Waals surface area (Å²) in [4.78, 5) is 30.5. The number of benzene rings is 2. The third-order valence-electron chi connectivity index (χ3n) is 4.78. The molecule has 0 bridgehead atoms. The van der Waals surface area contributed by atoms with Gasteiger partial charge in [0.1, 0.15) is 5.76 Å². The van der Waals surface area contributed by atoms with Gasteiger partial charge in [-0.05, 0) is 42.8 Å². The number of thioether (sulfide) groups is 1. The summed E-state index contributed by atoms with van der Waals surface area (Å²) in [7, 11) is 0. The number of para-hydroxylation sites is 1. The maximum Gasteiger partial charge on any atom is 0.262 e. The van der Waals surface area contributed by atoms with E-state index in [0.29, 0.717) is 33.4 Å². The lowest BCUT2D eigenvalue weighted by Crippen LogP contribution is -2.32. The summed E-state index contributed by atoms with van der Waals surface area (Å²) < 4.78 is 6.97. The molecule has 4 rings (SSSR count). The number of nitrogens with one attached hydrogen (secondary N) is 1. The molecule has 0 fully saturated rings. The quantitative estimate of drug-likeness (QED) is 0.329. The minimum Gasteiger partial charge on any atom is -0.467 e. The van der Waals surface area contributed by atoms with Crippen molar-refractivity contribution in [2.75, 3.05) is 0 Å². The third-order valence-corrected chi connectivity index (χ3v) is 6.24. The molecule has 1 N–H and O–H groups in total. The fourth-order valence-electron chi connectivity index (χ4n) is 3.11. The van der Waals surface area contributed by atoms with Crippen molar-refractivity contribution in [2.45, 2.75) is 30.4 Å². The van der Waals surface area contributed by atoms with Crippen LogP contribution >= 0.6 is 23.4 Å². The average molecular weight is 454 g/mol. The van der Waals surface area contributed by atoms with Gasteiger partial charge in [0.25, 0.3) is 5.56 Å². The van der Waals surface area contributed by atoms with Crippen LogP contribution in [-0.2, 0) is 17.9 Å². The van der Waals surface area contributed by atoms with Crippen molar-refractivity contribution in [3.63, 3.8) is 0 Å². The highest BCUT2D eigenvalue weighted by Crippen LogP contribution is 2.24. The number of amides is 1. The zero-order chi connectivity index (χ0) is 21.8. The molecule has 0 aliphatic heterocycles. The van der Waals surface area contributed by atoms with Crippen LogP contribution in [0.4, 0.5) is 0 Å². The number of rotatable bonds is 7. The van der Waals surface area contributed by atoms with Crippen molar-refractivity contribution in [2.24, 2.45) is 0 Å². The molecule has 2 heterocycles. The lowest BCUT2D eigenvalue weighted by atomic mass is 10.2. The van der Waals surface area contributed by atoms with Crippen LogP contribution in [-0.4, -0.2) is 20.7 Å². The molecule has 6 nitrogen and oxygen atoms in total. The lowest BCUT2D eigenvalue weighted by molar-refractivity contribution is -0.120. The number of nitrogens with zero attached hydrogens (tertiary/aromatic N) is 2. The number of aromatic nitrogens is 2. The zero-order valence-corrected chi connectivity index (χ0v) is 18.3. The summed E-state index contributed by atoms with van der Waals surface area (Å²) in [6.07, 6.45) is 1.56. The third kappa shape index (κ3) is 4.84. The van der Waals surface area contributed by atoms with E-state index >= 15 is 0 Å². The molecule has 4 aromatic rings. The highest BCUT2D eigenvalue weighted by atomic mass is 35.5. The van der Waals surface area contributed by atoms with Gasteiger partial charge in [0.05, 0.1) is 29.0 Å². The highest BCUT2D eigenvalue weighted by molar-refractivity contribution is 8.00. The van der Waals surface area contributed by atoms with Gasteiger partial charge in [-0.25, -0.2) is 4.98 Å². The normalized spacial score (nSPS) is 12.1. The monoisotopic (exact) mass is 453 g/mol. The van der Waals surface area contributed by atoms with Crippen molar-refractivity contribution in [3.05, 3.63) is 93.6 Å². The first kappa shape index (κ1) is 21.2. The molecule has 0 saturated carbocycles. The SMILES string of the molecule is CC(Sc1nc2ccccc2c(=O)n1Cc1ccco1)C(=O)NCc1ccccc1Cl. The van der Waals surface area contributed by atoms with Gasteiger partial charge in [-0.3, -0.25) is 14.2 Å². The molecular formula is C23H20ClN3O3S. The van der Waals surface area contributed by atoms with Gasteiger partial charge in [0, 0.05) is 11.6 Å². The van der Waals surface area contributed by atoms with Crippen molar-refractivity contribution in [1.82, 2.24) is 14.9 Å². The second-order valence-corrected chi connectivity index (χ2v) is 8.67. The van der Waals surface area contributed by atoms with Gasteiger partial charge in [0.15, 0.2) is 5.16 Å². The first-order chi connectivity index (χ1) is 15.0. The van der Waals surface area contributed by atoms with E-state index in [0.717, 1.165) is 5.56 Å². The Balaban J connectivity index is 1.58. The van der Waals surface area contributed by atoms with Crippen molar-refractivity contribution < 1.29 is 9.21 Å². The molecule has 0 aliphatic rings. The maximum atomic E-state index is 13.1. The summed E-state index contributed by atoms with van der Waals surface area (Å²) in [5, 5.41) is 4.01. The maximum absolute atomic E-state index is 13.1. The molecule has 8 heteroatoms. The Kier molecular flexibility index (Phi) is 6.44. The number of fused-ring (bicyclic) bond motifs is 1. The number of furan rings is 1. The smallest absolute Gasteiger partial charge is 0.262 e. The zero-order valence-electron chi connectivity index (χ0n) is 16.7. The minimum absolute atomic E-state index is 0.170. The van der Waals surface area contributed by atoms with Crippen LogP contribution in [0.15, 0.2) is 81.3 Å². The first-order valence-corrected chi connectivity index (χ1v) is 11.0. The Morgan fingerprint density at radius 1 is 1.16 bits per heavy atom. The van der Waals surface area contributed by atoms with E-state index in [4.69, 9.17) is 16.0 Å². The van der Waals surface area contributed by atoms with Gasteiger partial charge in [-0.2, -0.15) is 0 Å². The van der Waals surface area contributed by atoms with Gasteiger partial charge < -0.3 is 9.73 Å². The lowest BCUT2D eigenvalue weighted by Gasteiger charge is -2.16. The predicted molar refractivity (Wildman–Crippen MR) is 122 cm³/mol. The van der Waals surface area contributed by atoms with Crippen molar-refractivity contribution >= 4 is 40.2 Å². The standard InChI is InChI=1S/C23H20ClN3O3S/c1-15(21(28)25-13-16-7-2-4-10-19(16)24)31-23-26-20-11-5-3-9-18(20)22(29)27(23)14-17-8-6-12-30-17/h2-12,15H,13-14H2,1H3,(H,25,28). The Hall–Kier alpha value is -3.03. The summed E-state index contributed by atoms with van der Waals surface area (Å²) in [5.41, 5.74) is 1.26. The summed E-state index contributed by atoms with van der Waals surface area (Å²) in [6.45, 7) is 2.35. The van der Waals surface area contributed by atoms with Crippen LogP contribution in [0.2, 0.25) is 5.02 Å². The van der Waals surface area contributed by atoms with E-state index in [1.807, 2.05) is 24.3 Å². The van der Waals surface area contributed by atoms with E-state index in [-0.39, 0.29) is 18.0 Å². The van der Waals surface area contributed by atoms with E-state index in [1.165, 1.54) is 11.8 Å². The van der Waals surface area contributed by atoms with E-state index in [2.05, 4.69) is 10.3 Å². The molecule has 1 amide bonds. The molecule has 0 spiro atoms. The molecule has 1 unspecified atom stereocenters. The fourth-order valence-corrected chi connectivity index (χ4v) is 4.25. The second kappa shape index (κ2) is 9.41. The molecular weight excluding hydrogens is 434 g/mol. The Morgan fingerprint density at radius 3 is 2.71 bits per heavy atom. The highest BCUT2D eigenvalue weighted by Gasteiger charge is 2.20. The van der Waals surface area contributed by atoms with E-state index in [1.54, 1.807) is 54.2 Å². The number of halogens is 1. The molecule has 31 heavy (non-hydrogen) atoms. The minimum atomic E-state index is -0.474. The molecule has 1 atom stereocenters. The summed E-state index contributed by atoms with van der Waals surface area (Å²) >= 11 is 7.40. The Bertz CT molecular complexity index is 1270. The van der Waals surface area contributed by atoms with Crippen LogP contribution in [0.1, 0.15) is 18.2 Å². The topological polar surface area (TPSA) is 77.1 Å². The largest absolute Gasteiger partial charge is 0.467 e. The average Bonchev–Trinajstić information content (AvgIpc) is 3.29. The van der Waals surface area contributed by atoms with Crippen LogP contribution in [0.3, 0.4) is 0 Å². The van der Waals surface area contributed by atoms with Crippen molar-refractivity contribution in [3.8, 4) is 0 Å². The number of hydrogen-bond donors (Lipinski definition) is 1. The molecule has 2 aromatic carbocycles. The summed E-state index contributed by atoms with van der Waals surface area (Å²) in [5.74, 6) is 0.466. The van der Waals surface area contributed by atoms with Gasteiger partial charge in [-0.1, -0.05) is 53.7 Å². The molecule has 0 radical (unpaired) electrons. The van der Waals surface area contributed by atoms with E-state index < -0.39 is 5.25 Å². The first-order valence-electron chi connectivity index (χ1n) is 9.72. The van der Waals surface area contributed by atoms with Crippen LogP contribution in [0.5, 0.6) is 0 Å². The van der Waals surface area contributed by atoms with Crippen LogP contribution < -0.4 is 10.9 Å². The number of carbonyl (C=O) groups excluding carboxylic acids is 1. The van der Waals surface area contributed by atoms with Gasteiger partial charge in [-0.15, -0.1) is 0 Å². The molecule has 0 saturated heterocycles. The van der Waals surface area contributed by atoms with Crippen LogP contribution in [0.25, 0.3) is 10.9 Å². The van der Waals surface area contributed by atoms with Gasteiger partial charge >= 0.3 is 0 Å². The number of hydrogen-bond acceptors (Lipinski definition) is 5. The Morgan fingerprint density at radius 2 is 1.94 bits per heavy atom. The van der Waals surface area contributed by atoms with Crippen LogP contribution in [0, 0.1) is 0 Å². The van der Waals surface area contributed by atoms with E-state index in [9.17, 15) is 9.59 Å². The summed E-state index contributed by atoms with van der Waals surface area (Å²) in [6, 6.07) is 18.1. The molecule has 2 aromatic heterocycles. The second-order valence-electron chi connectivity index (χ2n) is 6.95.